The molecule has 0 aliphatic carbocycles. The van der Waals surface area contributed by atoms with Crippen LogP contribution in [0.3, 0.4) is 0 Å². The third kappa shape index (κ3) is 3.82. The molecule has 0 saturated carbocycles. The van der Waals surface area contributed by atoms with Crippen LogP contribution >= 0.6 is 11.6 Å². The lowest BCUT2D eigenvalue weighted by Crippen LogP contribution is -2.21. The molecule has 0 aromatic heterocycles. The molecule has 0 atom stereocenters. The van der Waals surface area contributed by atoms with Crippen LogP contribution in [0.25, 0.3) is 0 Å². The number of nitrogens with one attached hydrogen (secondary N) is 1. The molecule has 2 rings (SSSR count). The third-order valence-corrected chi connectivity index (χ3v) is 2.79. The number of anilines is 2. The van der Waals surface area contributed by atoms with E-state index in [2.05, 4.69) is 5.32 Å². The van der Waals surface area contributed by atoms with E-state index in [0.717, 1.165) is 12.1 Å². The number of rotatable bonds is 4. The number of nitrogen functional groups attached to an aromatic ring is 1. The van der Waals surface area contributed by atoms with Crippen LogP contribution in [-0.2, 0) is 4.79 Å². The van der Waals surface area contributed by atoms with Gasteiger partial charge in [0.1, 0.15) is 0 Å². The summed E-state index contributed by atoms with van der Waals surface area (Å²) >= 11 is 5.78. The summed E-state index contributed by atoms with van der Waals surface area (Å²) in [7, 11) is 0. The summed E-state index contributed by atoms with van der Waals surface area (Å²) in [6.07, 6.45) is 0. The zero-order chi connectivity index (χ0) is 15.4. The molecule has 0 aliphatic heterocycles. The predicted molar refractivity (Wildman–Crippen MR) is 76.3 cm³/mol. The Balaban J connectivity index is 2.01. The van der Waals surface area contributed by atoms with Crippen molar-refractivity contribution in [2.45, 2.75) is 0 Å². The molecular weight excluding hydrogens is 302 g/mol. The van der Waals surface area contributed by atoms with Gasteiger partial charge in [0, 0.05) is 5.02 Å². The maximum absolute atomic E-state index is 13.3. The molecule has 0 spiro atoms. The van der Waals surface area contributed by atoms with Gasteiger partial charge < -0.3 is 15.8 Å². The average molecular weight is 313 g/mol. The van der Waals surface area contributed by atoms with Crippen LogP contribution < -0.4 is 15.8 Å². The summed E-state index contributed by atoms with van der Waals surface area (Å²) in [5, 5.41) is 2.83. The first kappa shape index (κ1) is 15.1. The van der Waals surface area contributed by atoms with Crippen molar-refractivity contribution in [1.29, 1.82) is 0 Å². The lowest BCUT2D eigenvalue weighted by atomic mass is 10.2. The maximum Gasteiger partial charge on any atom is 0.262 e. The Labute approximate surface area is 124 Å². The number of carbonyl (C=O) groups excluding carboxylic acids is 1. The molecular formula is C14H11ClF2N2O2. The Morgan fingerprint density at radius 3 is 2.57 bits per heavy atom. The second kappa shape index (κ2) is 6.41. The van der Waals surface area contributed by atoms with E-state index >= 15 is 0 Å². The number of amides is 1. The molecule has 0 saturated heterocycles. The predicted octanol–water partition coefficient (Wildman–Crippen LogP) is 3.22. The largest absolute Gasteiger partial charge is 0.478 e. The molecule has 110 valence electrons. The van der Waals surface area contributed by atoms with Crippen molar-refractivity contribution in [3.8, 4) is 5.75 Å². The van der Waals surface area contributed by atoms with Gasteiger partial charge in [0.05, 0.1) is 11.4 Å². The van der Waals surface area contributed by atoms with Gasteiger partial charge in [0.25, 0.3) is 5.91 Å². The van der Waals surface area contributed by atoms with Crippen molar-refractivity contribution in [2.75, 3.05) is 17.7 Å². The first-order valence-electron chi connectivity index (χ1n) is 5.89. The number of nitrogens with two attached hydrogens (primary N) is 1. The van der Waals surface area contributed by atoms with Crippen LogP contribution in [0.2, 0.25) is 5.02 Å². The molecule has 7 heteroatoms. The van der Waals surface area contributed by atoms with Gasteiger partial charge in [-0.25, -0.2) is 8.78 Å². The van der Waals surface area contributed by atoms with Crippen LogP contribution in [0.15, 0.2) is 36.4 Å². The maximum atomic E-state index is 13.3. The Morgan fingerprint density at radius 2 is 1.90 bits per heavy atom. The monoisotopic (exact) mass is 312 g/mol. The summed E-state index contributed by atoms with van der Waals surface area (Å²) in [4.78, 5) is 11.7. The van der Waals surface area contributed by atoms with Crippen LogP contribution in [0, 0.1) is 11.6 Å². The quantitative estimate of drug-likeness (QED) is 0.852. The van der Waals surface area contributed by atoms with Gasteiger partial charge in [-0.15, -0.1) is 0 Å². The summed E-state index contributed by atoms with van der Waals surface area (Å²) < 4.78 is 31.5. The molecule has 0 heterocycles. The molecule has 0 unspecified atom stereocenters. The summed E-state index contributed by atoms with van der Waals surface area (Å²) in [6.45, 7) is -0.566. The number of benzene rings is 2. The first-order chi connectivity index (χ1) is 9.97. The van der Waals surface area contributed by atoms with Crippen molar-refractivity contribution < 1.29 is 18.3 Å². The normalized spacial score (nSPS) is 10.2. The highest BCUT2D eigenvalue weighted by molar-refractivity contribution is 6.31. The van der Waals surface area contributed by atoms with Crippen LogP contribution in [0.4, 0.5) is 20.2 Å². The van der Waals surface area contributed by atoms with E-state index in [9.17, 15) is 13.6 Å². The van der Waals surface area contributed by atoms with E-state index in [0.29, 0.717) is 16.4 Å². The van der Waals surface area contributed by atoms with Crippen LogP contribution in [0.1, 0.15) is 0 Å². The second-order valence-corrected chi connectivity index (χ2v) is 4.56. The van der Waals surface area contributed by atoms with E-state index in [1.807, 2.05) is 0 Å². The molecule has 3 N–H and O–H groups in total. The minimum atomic E-state index is -0.884. The highest BCUT2D eigenvalue weighted by atomic mass is 35.5. The molecule has 0 bridgehead atoms. The fraction of sp³-hybridized carbons (Fsp3) is 0.0714. The zero-order valence-corrected chi connectivity index (χ0v) is 11.5. The van der Waals surface area contributed by atoms with Crippen molar-refractivity contribution in [3.05, 3.63) is 53.1 Å². The molecule has 2 aromatic carbocycles. The number of hydrogen-bond donors (Lipinski definition) is 2. The fourth-order valence-electron chi connectivity index (χ4n) is 1.58. The lowest BCUT2D eigenvalue weighted by Gasteiger charge is -2.10. The summed E-state index contributed by atoms with van der Waals surface area (Å²) in [5.74, 6) is -2.99. The molecule has 4 nitrogen and oxygen atoms in total. The second-order valence-electron chi connectivity index (χ2n) is 4.12. The van der Waals surface area contributed by atoms with Gasteiger partial charge in [0.2, 0.25) is 0 Å². The van der Waals surface area contributed by atoms with Crippen molar-refractivity contribution in [3.63, 3.8) is 0 Å². The number of hydrogen-bond acceptors (Lipinski definition) is 3. The standard InChI is InChI=1S/C14H11ClF2N2O2/c15-8-4-5-11(18)12(6-8)19-13(20)7-21-14-9(16)2-1-3-10(14)17/h1-6H,7,18H2,(H,19,20). The molecule has 0 fully saturated rings. The topological polar surface area (TPSA) is 64.3 Å². The summed E-state index contributed by atoms with van der Waals surface area (Å²) in [6, 6.07) is 7.81. The highest BCUT2D eigenvalue weighted by Crippen LogP contribution is 2.23. The highest BCUT2D eigenvalue weighted by Gasteiger charge is 2.12. The summed E-state index contributed by atoms with van der Waals surface area (Å²) in [5.41, 5.74) is 6.27. The zero-order valence-electron chi connectivity index (χ0n) is 10.7. The number of para-hydroxylation sites is 1. The minimum absolute atomic E-state index is 0.296. The fourth-order valence-corrected chi connectivity index (χ4v) is 1.75. The first-order valence-corrected chi connectivity index (χ1v) is 6.27. The van der Waals surface area contributed by atoms with E-state index in [4.69, 9.17) is 22.1 Å². The van der Waals surface area contributed by atoms with Gasteiger partial charge in [-0.2, -0.15) is 0 Å². The van der Waals surface area contributed by atoms with Gasteiger partial charge in [-0.3, -0.25) is 4.79 Å². The average Bonchev–Trinajstić information content (AvgIpc) is 2.42. The Kier molecular flexibility index (Phi) is 4.59. The molecule has 1 amide bonds. The van der Waals surface area contributed by atoms with Crippen LogP contribution in [0.5, 0.6) is 5.75 Å². The van der Waals surface area contributed by atoms with Gasteiger partial charge >= 0.3 is 0 Å². The Hall–Kier alpha value is -2.34. The Bertz CT molecular complexity index is 660. The van der Waals surface area contributed by atoms with Gasteiger partial charge in [-0.05, 0) is 30.3 Å². The third-order valence-electron chi connectivity index (χ3n) is 2.56. The SMILES string of the molecule is Nc1ccc(Cl)cc1NC(=O)COc1c(F)cccc1F. The van der Waals surface area contributed by atoms with E-state index in [1.54, 1.807) is 6.07 Å². The lowest BCUT2D eigenvalue weighted by molar-refractivity contribution is -0.118. The molecule has 2 aromatic rings. The van der Waals surface area contributed by atoms with Gasteiger partial charge in [-0.1, -0.05) is 17.7 Å². The number of carbonyl (C=O) groups is 1. The smallest absolute Gasteiger partial charge is 0.262 e. The van der Waals surface area contributed by atoms with E-state index in [1.165, 1.54) is 18.2 Å². The Morgan fingerprint density at radius 1 is 1.24 bits per heavy atom. The van der Waals surface area contributed by atoms with Crippen molar-refractivity contribution >= 4 is 28.9 Å². The van der Waals surface area contributed by atoms with Crippen molar-refractivity contribution in [2.24, 2.45) is 0 Å². The molecule has 0 radical (unpaired) electrons. The van der Waals surface area contributed by atoms with Gasteiger partial charge in [0.15, 0.2) is 24.0 Å². The van der Waals surface area contributed by atoms with E-state index < -0.39 is 29.9 Å². The number of ether oxygens (including phenoxy) is 1. The van der Waals surface area contributed by atoms with E-state index in [-0.39, 0.29) is 0 Å². The molecule has 21 heavy (non-hydrogen) atoms. The number of halogens is 3. The molecule has 0 aliphatic rings. The minimum Gasteiger partial charge on any atom is -0.478 e. The van der Waals surface area contributed by atoms with Crippen LogP contribution in [-0.4, -0.2) is 12.5 Å². The van der Waals surface area contributed by atoms with Crippen molar-refractivity contribution in [1.82, 2.24) is 0 Å².